The molecular formula is C17H11IN2O4. The van der Waals surface area contributed by atoms with Crippen LogP contribution in [0.1, 0.15) is 15.9 Å². The van der Waals surface area contributed by atoms with E-state index in [0.717, 1.165) is 3.57 Å². The van der Waals surface area contributed by atoms with Crippen LogP contribution < -0.4 is 10.4 Å². The molecule has 2 N–H and O–H groups in total. The maximum Gasteiger partial charge on any atom is 0.335 e. The number of anilines is 1. The number of nitrogens with one attached hydrogen (secondary N) is 1. The molecule has 6 nitrogen and oxygen atoms in total. The molecule has 0 aliphatic carbocycles. The first-order chi connectivity index (χ1) is 11.5. The van der Waals surface area contributed by atoms with Gasteiger partial charge < -0.3 is 5.11 Å². The Morgan fingerprint density at radius 2 is 1.83 bits per heavy atom. The second kappa shape index (κ2) is 6.44. The zero-order chi connectivity index (χ0) is 17.3. The van der Waals surface area contributed by atoms with E-state index in [2.05, 4.69) is 28.0 Å². The molecule has 0 bridgehead atoms. The molecule has 120 valence electrons. The van der Waals surface area contributed by atoms with Crippen molar-refractivity contribution < 1.29 is 19.5 Å². The van der Waals surface area contributed by atoms with Crippen molar-refractivity contribution in [1.82, 2.24) is 5.43 Å². The molecule has 24 heavy (non-hydrogen) atoms. The first-order valence-electron chi connectivity index (χ1n) is 6.92. The predicted octanol–water partition coefficient (Wildman–Crippen LogP) is 2.45. The van der Waals surface area contributed by atoms with Gasteiger partial charge in [-0.05, 0) is 70.6 Å². The lowest BCUT2D eigenvalue weighted by molar-refractivity contribution is -0.117. The largest absolute Gasteiger partial charge is 0.478 e. The van der Waals surface area contributed by atoms with E-state index in [-0.39, 0.29) is 11.1 Å². The average Bonchev–Trinajstić information content (AvgIpc) is 2.84. The van der Waals surface area contributed by atoms with Gasteiger partial charge in [-0.15, -0.1) is 0 Å². The molecule has 0 atom stereocenters. The van der Waals surface area contributed by atoms with Crippen molar-refractivity contribution in [3.8, 4) is 0 Å². The molecule has 0 spiro atoms. The molecule has 3 rings (SSSR count). The highest BCUT2D eigenvalue weighted by atomic mass is 127. The van der Waals surface area contributed by atoms with E-state index in [0.29, 0.717) is 11.3 Å². The summed E-state index contributed by atoms with van der Waals surface area (Å²) >= 11 is 2.15. The fraction of sp³-hybridized carbons (Fsp3) is 0. The van der Waals surface area contributed by atoms with Crippen molar-refractivity contribution in [2.24, 2.45) is 0 Å². The molecule has 0 saturated carbocycles. The number of hydrogen-bond acceptors (Lipinski definition) is 3. The lowest BCUT2D eigenvalue weighted by atomic mass is 10.1. The van der Waals surface area contributed by atoms with Crippen LogP contribution in [0, 0.1) is 3.57 Å². The summed E-state index contributed by atoms with van der Waals surface area (Å²) in [6, 6.07) is 13.2. The maximum atomic E-state index is 12.5. The Labute approximate surface area is 150 Å². The van der Waals surface area contributed by atoms with E-state index in [9.17, 15) is 14.4 Å². The number of rotatable bonds is 3. The first-order valence-corrected chi connectivity index (χ1v) is 7.99. The number of benzene rings is 2. The Balaban J connectivity index is 1.93. The number of halogens is 1. The molecule has 1 aliphatic heterocycles. The molecule has 7 heteroatoms. The van der Waals surface area contributed by atoms with Gasteiger partial charge in [-0.25, -0.2) is 9.80 Å². The van der Waals surface area contributed by atoms with Crippen LogP contribution in [0.5, 0.6) is 0 Å². The van der Waals surface area contributed by atoms with Crippen molar-refractivity contribution in [2.75, 3.05) is 5.01 Å². The van der Waals surface area contributed by atoms with E-state index >= 15 is 0 Å². The molecule has 0 unspecified atom stereocenters. The summed E-state index contributed by atoms with van der Waals surface area (Å²) in [6.45, 7) is 0. The number of amides is 2. The van der Waals surface area contributed by atoms with Crippen molar-refractivity contribution in [3.05, 3.63) is 68.8 Å². The van der Waals surface area contributed by atoms with Gasteiger partial charge in [0.1, 0.15) is 5.57 Å². The number of hydrogen-bond donors (Lipinski definition) is 2. The van der Waals surface area contributed by atoms with Gasteiger partial charge in [0.25, 0.3) is 11.8 Å². The minimum atomic E-state index is -1.07. The van der Waals surface area contributed by atoms with E-state index in [1.54, 1.807) is 24.3 Å². The third kappa shape index (κ3) is 3.16. The van der Waals surface area contributed by atoms with E-state index in [1.165, 1.54) is 23.2 Å². The second-order valence-electron chi connectivity index (χ2n) is 5.05. The van der Waals surface area contributed by atoms with Crippen LogP contribution >= 0.6 is 22.6 Å². The van der Waals surface area contributed by atoms with Crippen molar-refractivity contribution in [1.29, 1.82) is 0 Å². The van der Waals surface area contributed by atoms with Gasteiger partial charge in [0.15, 0.2) is 0 Å². The van der Waals surface area contributed by atoms with Crippen LogP contribution in [-0.2, 0) is 9.59 Å². The van der Waals surface area contributed by atoms with Gasteiger partial charge in [0.05, 0.1) is 11.3 Å². The zero-order valence-electron chi connectivity index (χ0n) is 12.2. The number of carbonyl (C=O) groups is 3. The Hall–Kier alpha value is -2.68. The second-order valence-corrected chi connectivity index (χ2v) is 6.29. The Kier molecular flexibility index (Phi) is 4.34. The van der Waals surface area contributed by atoms with Gasteiger partial charge in [-0.2, -0.15) is 0 Å². The number of hydrazine groups is 1. The monoisotopic (exact) mass is 434 g/mol. The molecule has 1 saturated heterocycles. The van der Waals surface area contributed by atoms with Gasteiger partial charge >= 0.3 is 5.97 Å². The number of carbonyl (C=O) groups excluding carboxylic acids is 2. The number of carboxylic acids is 1. The average molecular weight is 434 g/mol. The third-order valence-corrected chi connectivity index (χ3v) is 4.14. The van der Waals surface area contributed by atoms with Crippen molar-refractivity contribution >= 4 is 52.1 Å². The van der Waals surface area contributed by atoms with E-state index in [4.69, 9.17) is 5.11 Å². The zero-order valence-corrected chi connectivity index (χ0v) is 14.4. The highest BCUT2D eigenvalue weighted by Crippen LogP contribution is 2.22. The molecule has 0 aromatic heterocycles. The third-order valence-electron chi connectivity index (χ3n) is 3.42. The Bertz CT molecular complexity index is 874. The maximum absolute atomic E-state index is 12.5. The molecule has 2 amide bonds. The SMILES string of the molecule is O=C1NN(c2ccc(I)cc2)C(=O)/C1=C\c1cccc(C(=O)O)c1. The highest BCUT2D eigenvalue weighted by Gasteiger charge is 2.34. The standard InChI is InChI=1S/C17H11IN2O4/c18-12-4-6-13(7-5-12)20-16(22)14(15(21)19-20)9-10-2-1-3-11(8-10)17(23)24/h1-9H,(H,19,21)(H,23,24)/b14-9-. The van der Waals surface area contributed by atoms with Gasteiger partial charge in [-0.3, -0.25) is 15.0 Å². The number of aromatic carboxylic acids is 1. The van der Waals surface area contributed by atoms with Crippen LogP contribution in [0.25, 0.3) is 6.08 Å². The van der Waals surface area contributed by atoms with Crippen LogP contribution in [-0.4, -0.2) is 22.9 Å². The minimum absolute atomic E-state index is 0.0453. The molecular weight excluding hydrogens is 423 g/mol. The summed E-state index contributed by atoms with van der Waals surface area (Å²) in [6.07, 6.45) is 1.39. The fourth-order valence-corrected chi connectivity index (χ4v) is 2.62. The summed E-state index contributed by atoms with van der Waals surface area (Å²) in [7, 11) is 0. The van der Waals surface area contributed by atoms with E-state index in [1.807, 2.05) is 12.1 Å². The highest BCUT2D eigenvalue weighted by molar-refractivity contribution is 14.1. The van der Waals surface area contributed by atoms with E-state index < -0.39 is 17.8 Å². The summed E-state index contributed by atoms with van der Waals surface area (Å²) in [4.78, 5) is 35.6. The number of nitrogens with zero attached hydrogens (tertiary/aromatic N) is 1. The minimum Gasteiger partial charge on any atom is -0.478 e. The van der Waals surface area contributed by atoms with Gasteiger partial charge in [-0.1, -0.05) is 12.1 Å². The summed E-state index contributed by atoms with van der Waals surface area (Å²) < 4.78 is 1.01. The van der Waals surface area contributed by atoms with Crippen LogP contribution in [0.2, 0.25) is 0 Å². The molecule has 0 radical (unpaired) electrons. The lowest BCUT2D eigenvalue weighted by Gasteiger charge is -2.14. The molecule has 1 fully saturated rings. The smallest absolute Gasteiger partial charge is 0.335 e. The Morgan fingerprint density at radius 3 is 2.50 bits per heavy atom. The topological polar surface area (TPSA) is 86.7 Å². The Morgan fingerprint density at radius 1 is 1.12 bits per heavy atom. The molecule has 1 heterocycles. The van der Waals surface area contributed by atoms with Gasteiger partial charge in [0.2, 0.25) is 0 Å². The van der Waals surface area contributed by atoms with Crippen LogP contribution in [0.4, 0.5) is 5.69 Å². The van der Waals surface area contributed by atoms with Gasteiger partial charge in [0, 0.05) is 3.57 Å². The molecule has 2 aromatic rings. The quantitative estimate of drug-likeness (QED) is 0.442. The summed E-state index contributed by atoms with van der Waals surface area (Å²) in [5, 5.41) is 10.2. The van der Waals surface area contributed by atoms with Crippen LogP contribution in [0.15, 0.2) is 54.1 Å². The molecule has 2 aromatic carbocycles. The van der Waals surface area contributed by atoms with Crippen LogP contribution in [0.3, 0.4) is 0 Å². The predicted molar refractivity (Wildman–Crippen MR) is 96.2 cm³/mol. The van der Waals surface area contributed by atoms with Crippen molar-refractivity contribution in [3.63, 3.8) is 0 Å². The number of carboxylic acid groups (broad SMARTS) is 1. The lowest BCUT2D eigenvalue weighted by Crippen LogP contribution is -2.35. The fourth-order valence-electron chi connectivity index (χ4n) is 2.26. The van der Waals surface area contributed by atoms with Crippen molar-refractivity contribution in [2.45, 2.75) is 0 Å². The normalized spacial score (nSPS) is 15.7. The summed E-state index contributed by atoms with van der Waals surface area (Å²) in [5.41, 5.74) is 3.57. The molecule has 1 aliphatic rings. The summed E-state index contributed by atoms with van der Waals surface area (Å²) in [5.74, 6) is -2.08. The first kappa shape index (κ1) is 16.2.